The molecule has 0 saturated carbocycles. The quantitative estimate of drug-likeness (QED) is 0.714. The molecule has 0 unspecified atom stereocenters. The summed E-state index contributed by atoms with van der Waals surface area (Å²) in [5.41, 5.74) is 1.48. The predicted octanol–water partition coefficient (Wildman–Crippen LogP) is 2.17. The van der Waals surface area contributed by atoms with Crippen molar-refractivity contribution in [1.82, 2.24) is 20.1 Å². The van der Waals surface area contributed by atoms with Gasteiger partial charge in [-0.1, -0.05) is 11.2 Å². The number of methoxy groups -OCH3 is 1. The van der Waals surface area contributed by atoms with Crippen LogP contribution in [0.15, 0.2) is 47.4 Å². The summed E-state index contributed by atoms with van der Waals surface area (Å²) >= 11 is 0. The van der Waals surface area contributed by atoms with Gasteiger partial charge in [-0.25, -0.2) is 9.97 Å². The van der Waals surface area contributed by atoms with Crippen molar-refractivity contribution in [3.63, 3.8) is 0 Å². The molecule has 3 rings (SSSR count). The highest BCUT2D eigenvalue weighted by molar-refractivity contribution is 5.53. The molecule has 0 N–H and O–H groups in total. The number of hydrogen-bond acceptors (Lipinski definition) is 7. The third-order valence-corrected chi connectivity index (χ3v) is 3.08. The minimum Gasteiger partial charge on any atom is -0.478 e. The average Bonchev–Trinajstić information content (AvgIpc) is 3.04. The van der Waals surface area contributed by atoms with Crippen LogP contribution in [0.25, 0.3) is 11.4 Å². The Kier molecular flexibility index (Phi) is 3.95. The van der Waals surface area contributed by atoms with E-state index in [1.807, 2.05) is 36.2 Å². The molecule has 0 aliphatic rings. The smallest absolute Gasteiger partial charge is 0.257 e. The zero-order valence-electron chi connectivity index (χ0n) is 12.3. The Labute approximate surface area is 127 Å². The standard InChI is InChI=1S/C15H15N5O2/c1-20(14-15(21-2)18-8-7-17-14)10-11-9-13(19-22-11)12-5-3-4-6-16-12/h3-9H,10H2,1-2H3. The summed E-state index contributed by atoms with van der Waals surface area (Å²) in [5.74, 6) is 1.81. The van der Waals surface area contributed by atoms with Gasteiger partial charge in [0.05, 0.1) is 19.3 Å². The topological polar surface area (TPSA) is 77.2 Å². The highest BCUT2D eigenvalue weighted by Gasteiger charge is 2.14. The largest absolute Gasteiger partial charge is 0.478 e. The van der Waals surface area contributed by atoms with Gasteiger partial charge in [-0.15, -0.1) is 0 Å². The van der Waals surface area contributed by atoms with Gasteiger partial charge < -0.3 is 14.2 Å². The van der Waals surface area contributed by atoms with Gasteiger partial charge in [0.2, 0.25) is 0 Å². The van der Waals surface area contributed by atoms with Crippen molar-refractivity contribution in [2.24, 2.45) is 0 Å². The minimum absolute atomic E-state index is 0.467. The number of ether oxygens (including phenoxy) is 1. The third kappa shape index (κ3) is 2.88. The van der Waals surface area contributed by atoms with E-state index < -0.39 is 0 Å². The number of aromatic nitrogens is 4. The molecule has 0 bridgehead atoms. The minimum atomic E-state index is 0.467. The van der Waals surface area contributed by atoms with E-state index in [9.17, 15) is 0 Å². The van der Waals surface area contributed by atoms with Crippen LogP contribution in [-0.4, -0.2) is 34.3 Å². The van der Waals surface area contributed by atoms with E-state index in [4.69, 9.17) is 9.26 Å². The normalized spacial score (nSPS) is 10.5. The van der Waals surface area contributed by atoms with Crippen LogP contribution in [0.3, 0.4) is 0 Å². The predicted molar refractivity (Wildman–Crippen MR) is 80.4 cm³/mol. The summed E-state index contributed by atoms with van der Waals surface area (Å²) in [7, 11) is 3.45. The molecule has 0 atom stereocenters. The molecule has 3 aromatic heterocycles. The maximum absolute atomic E-state index is 5.36. The van der Waals surface area contributed by atoms with E-state index >= 15 is 0 Å². The Morgan fingerprint density at radius 2 is 1.95 bits per heavy atom. The fourth-order valence-corrected chi connectivity index (χ4v) is 2.05. The van der Waals surface area contributed by atoms with Crippen LogP contribution in [0, 0.1) is 0 Å². The van der Waals surface area contributed by atoms with Crippen LogP contribution in [-0.2, 0) is 6.54 Å². The summed E-state index contributed by atoms with van der Waals surface area (Å²) in [6.45, 7) is 0.495. The van der Waals surface area contributed by atoms with Gasteiger partial charge in [0, 0.05) is 31.7 Å². The molecule has 3 aromatic rings. The number of hydrogen-bond donors (Lipinski definition) is 0. The van der Waals surface area contributed by atoms with Crippen LogP contribution in [0.1, 0.15) is 5.76 Å². The van der Waals surface area contributed by atoms with E-state index in [-0.39, 0.29) is 0 Å². The molecule has 112 valence electrons. The molecule has 0 fully saturated rings. The van der Waals surface area contributed by atoms with E-state index in [1.54, 1.807) is 25.7 Å². The molecular weight excluding hydrogens is 282 g/mol. The zero-order valence-corrected chi connectivity index (χ0v) is 12.3. The van der Waals surface area contributed by atoms with Gasteiger partial charge in [-0.3, -0.25) is 4.98 Å². The van der Waals surface area contributed by atoms with Crippen LogP contribution in [0.5, 0.6) is 5.88 Å². The second kappa shape index (κ2) is 6.21. The van der Waals surface area contributed by atoms with Gasteiger partial charge in [-0.2, -0.15) is 0 Å². The molecule has 0 aliphatic heterocycles. The molecule has 0 saturated heterocycles. The first-order chi connectivity index (χ1) is 10.8. The lowest BCUT2D eigenvalue weighted by Gasteiger charge is -2.17. The van der Waals surface area contributed by atoms with Crippen molar-refractivity contribution < 1.29 is 9.26 Å². The summed E-state index contributed by atoms with van der Waals surface area (Å²) in [6.07, 6.45) is 4.93. The van der Waals surface area contributed by atoms with E-state index in [0.29, 0.717) is 29.7 Å². The Morgan fingerprint density at radius 3 is 2.73 bits per heavy atom. The molecule has 22 heavy (non-hydrogen) atoms. The lowest BCUT2D eigenvalue weighted by molar-refractivity contribution is 0.380. The summed E-state index contributed by atoms with van der Waals surface area (Å²) in [5, 5.41) is 4.04. The Morgan fingerprint density at radius 1 is 1.09 bits per heavy atom. The first-order valence-electron chi connectivity index (χ1n) is 6.71. The fourth-order valence-electron chi connectivity index (χ4n) is 2.05. The second-order valence-electron chi connectivity index (χ2n) is 4.64. The van der Waals surface area contributed by atoms with Crippen molar-refractivity contribution in [3.8, 4) is 17.3 Å². The van der Waals surface area contributed by atoms with Crippen molar-refractivity contribution in [3.05, 3.63) is 48.6 Å². The molecule has 0 aromatic carbocycles. The van der Waals surface area contributed by atoms with Crippen LogP contribution < -0.4 is 9.64 Å². The van der Waals surface area contributed by atoms with Gasteiger partial charge in [-0.05, 0) is 12.1 Å². The average molecular weight is 297 g/mol. The number of anilines is 1. The number of rotatable bonds is 5. The lowest BCUT2D eigenvalue weighted by atomic mass is 10.2. The van der Waals surface area contributed by atoms with Crippen LogP contribution in [0.2, 0.25) is 0 Å². The maximum atomic E-state index is 5.36. The molecule has 0 amide bonds. The fraction of sp³-hybridized carbons (Fsp3) is 0.200. The Balaban J connectivity index is 1.78. The van der Waals surface area contributed by atoms with E-state index in [2.05, 4.69) is 20.1 Å². The van der Waals surface area contributed by atoms with Gasteiger partial charge in [0.25, 0.3) is 5.88 Å². The van der Waals surface area contributed by atoms with Crippen molar-refractivity contribution in [2.75, 3.05) is 19.1 Å². The number of nitrogens with zero attached hydrogens (tertiary/aromatic N) is 5. The molecule has 7 nitrogen and oxygen atoms in total. The van der Waals surface area contributed by atoms with Crippen LogP contribution >= 0.6 is 0 Å². The summed E-state index contributed by atoms with van der Waals surface area (Å²) < 4.78 is 10.6. The molecule has 0 radical (unpaired) electrons. The second-order valence-corrected chi connectivity index (χ2v) is 4.64. The van der Waals surface area contributed by atoms with Crippen molar-refractivity contribution in [2.45, 2.75) is 6.54 Å². The van der Waals surface area contributed by atoms with Gasteiger partial charge in [0.15, 0.2) is 11.6 Å². The van der Waals surface area contributed by atoms with Gasteiger partial charge >= 0.3 is 0 Å². The SMILES string of the molecule is COc1nccnc1N(C)Cc1cc(-c2ccccn2)no1. The van der Waals surface area contributed by atoms with Crippen molar-refractivity contribution >= 4 is 5.82 Å². The molecule has 0 aliphatic carbocycles. The molecule has 3 heterocycles. The zero-order chi connectivity index (χ0) is 15.4. The molecule has 0 spiro atoms. The van der Waals surface area contributed by atoms with Crippen LogP contribution in [0.4, 0.5) is 5.82 Å². The highest BCUT2D eigenvalue weighted by atomic mass is 16.5. The first-order valence-corrected chi connectivity index (χ1v) is 6.71. The van der Waals surface area contributed by atoms with E-state index in [0.717, 1.165) is 5.69 Å². The first kappa shape index (κ1) is 14.0. The molecule has 7 heteroatoms. The van der Waals surface area contributed by atoms with E-state index in [1.165, 1.54) is 0 Å². The Hall–Kier alpha value is -2.96. The van der Waals surface area contributed by atoms with Crippen molar-refractivity contribution in [1.29, 1.82) is 0 Å². The summed E-state index contributed by atoms with van der Waals surface area (Å²) in [6, 6.07) is 7.52. The molecular formula is C15H15N5O2. The lowest BCUT2D eigenvalue weighted by Crippen LogP contribution is -2.18. The monoisotopic (exact) mass is 297 g/mol. The third-order valence-electron chi connectivity index (χ3n) is 3.08. The maximum Gasteiger partial charge on any atom is 0.257 e. The Bertz CT molecular complexity index is 744. The highest BCUT2D eigenvalue weighted by Crippen LogP contribution is 2.23. The van der Waals surface area contributed by atoms with Gasteiger partial charge in [0.1, 0.15) is 5.69 Å². The summed E-state index contributed by atoms with van der Waals surface area (Å²) in [4.78, 5) is 14.5. The number of pyridine rings is 1.